The third kappa shape index (κ3) is 2.90. The lowest BCUT2D eigenvalue weighted by Gasteiger charge is -2.30. The summed E-state index contributed by atoms with van der Waals surface area (Å²) in [4.78, 5) is 0.465. The summed E-state index contributed by atoms with van der Waals surface area (Å²) in [6.07, 6.45) is -3.50. The minimum absolute atomic E-state index is 0.194. The molecule has 1 aromatic carbocycles. The lowest BCUT2D eigenvalue weighted by Crippen LogP contribution is -2.43. The van der Waals surface area contributed by atoms with Gasteiger partial charge in [-0.2, -0.15) is 13.2 Å². The molecule has 0 fully saturated rings. The lowest BCUT2D eigenvalue weighted by atomic mass is 10.1. The van der Waals surface area contributed by atoms with E-state index in [0.29, 0.717) is 4.90 Å². The Bertz CT molecular complexity index is 327. The summed E-state index contributed by atoms with van der Waals surface area (Å²) in [7, 11) is 0. The standard InChI is InChI=1S/C12H16F3N/c1-4-10-5-7-11(8-6-10)16(9(2)3)12(13,14)15/h5-9H,4H2,1-3H3. The molecule has 0 unspecified atom stereocenters. The quantitative estimate of drug-likeness (QED) is 0.711. The Morgan fingerprint density at radius 2 is 1.62 bits per heavy atom. The van der Waals surface area contributed by atoms with Crippen LogP contribution in [0.15, 0.2) is 24.3 Å². The molecule has 1 nitrogen and oxygen atoms in total. The number of benzene rings is 1. The van der Waals surface area contributed by atoms with Gasteiger partial charge in [0.25, 0.3) is 0 Å². The van der Waals surface area contributed by atoms with Crippen molar-refractivity contribution in [1.29, 1.82) is 0 Å². The fourth-order valence-corrected chi connectivity index (χ4v) is 1.63. The summed E-state index contributed by atoms with van der Waals surface area (Å²) in [5, 5.41) is 0. The Morgan fingerprint density at radius 1 is 1.12 bits per heavy atom. The normalized spacial score (nSPS) is 11.9. The first-order valence-corrected chi connectivity index (χ1v) is 5.31. The van der Waals surface area contributed by atoms with E-state index in [0.717, 1.165) is 12.0 Å². The first kappa shape index (κ1) is 12.9. The van der Waals surface area contributed by atoms with E-state index < -0.39 is 12.3 Å². The highest BCUT2D eigenvalue weighted by Gasteiger charge is 2.39. The molecule has 0 N–H and O–H groups in total. The van der Waals surface area contributed by atoms with E-state index in [1.54, 1.807) is 12.1 Å². The molecule has 16 heavy (non-hydrogen) atoms. The van der Waals surface area contributed by atoms with Gasteiger partial charge in [-0.25, -0.2) is 0 Å². The number of halogens is 3. The van der Waals surface area contributed by atoms with Gasteiger partial charge < -0.3 is 0 Å². The third-order valence-corrected chi connectivity index (χ3v) is 2.41. The van der Waals surface area contributed by atoms with Crippen molar-refractivity contribution in [3.8, 4) is 0 Å². The Balaban J connectivity index is 3.03. The molecule has 0 amide bonds. The van der Waals surface area contributed by atoms with Crippen LogP contribution in [0.5, 0.6) is 0 Å². The SMILES string of the molecule is CCc1ccc(N(C(C)C)C(F)(F)F)cc1. The topological polar surface area (TPSA) is 3.24 Å². The molecule has 90 valence electrons. The zero-order chi connectivity index (χ0) is 12.3. The predicted molar refractivity (Wildman–Crippen MR) is 59.5 cm³/mol. The summed E-state index contributed by atoms with van der Waals surface area (Å²) < 4.78 is 38.3. The summed E-state index contributed by atoms with van der Waals surface area (Å²) in [5.74, 6) is 0. The lowest BCUT2D eigenvalue weighted by molar-refractivity contribution is -0.133. The number of hydrogen-bond acceptors (Lipinski definition) is 1. The van der Waals surface area contributed by atoms with Gasteiger partial charge in [-0.15, -0.1) is 0 Å². The summed E-state index contributed by atoms with van der Waals surface area (Å²) in [6.45, 7) is 5.03. The zero-order valence-corrected chi connectivity index (χ0v) is 9.67. The van der Waals surface area contributed by atoms with E-state index in [1.165, 1.54) is 26.0 Å². The van der Waals surface area contributed by atoms with E-state index in [9.17, 15) is 13.2 Å². The molecule has 1 rings (SSSR count). The molecule has 0 aliphatic carbocycles. The number of alkyl halides is 3. The number of nitrogens with zero attached hydrogens (tertiary/aromatic N) is 1. The number of anilines is 1. The van der Waals surface area contributed by atoms with E-state index in [4.69, 9.17) is 0 Å². The molecule has 0 aliphatic rings. The highest BCUT2D eigenvalue weighted by atomic mass is 19.4. The van der Waals surface area contributed by atoms with Gasteiger partial charge in [0.2, 0.25) is 0 Å². The molecule has 1 aromatic rings. The van der Waals surface area contributed by atoms with E-state index >= 15 is 0 Å². The largest absolute Gasteiger partial charge is 0.485 e. The zero-order valence-electron chi connectivity index (χ0n) is 9.67. The van der Waals surface area contributed by atoms with Crippen molar-refractivity contribution in [3.63, 3.8) is 0 Å². The average molecular weight is 231 g/mol. The van der Waals surface area contributed by atoms with E-state index in [-0.39, 0.29) is 5.69 Å². The van der Waals surface area contributed by atoms with Crippen LogP contribution in [-0.4, -0.2) is 12.3 Å². The van der Waals surface area contributed by atoms with Crippen LogP contribution in [0.2, 0.25) is 0 Å². The predicted octanol–water partition coefficient (Wildman–Crippen LogP) is 3.98. The van der Waals surface area contributed by atoms with Gasteiger partial charge in [0.1, 0.15) is 0 Å². The number of hydrogen-bond donors (Lipinski definition) is 0. The fraction of sp³-hybridized carbons (Fsp3) is 0.500. The van der Waals surface area contributed by atoms with Gasteiger partial charge in [-0.05, 0) is 38.0 Å². The monoisotopic (exact) mass is 231 g/mol. The summed E-state index contributed by atoms with van der Waals surface area (Å²) >= 11 is 0. The molecule has 0 aromatic heterocycles. The van der Waals surface area contributed by atoms with Crippen LogP contribution < -0.4 is 4.90 Å². The molecule has 0 saturated heterocycles. The van der Waals surface area contributed by atoms with Crippen molar-refractivity contribution in [1.82, 2.24) is 0 Å². The molecular formula is C12H16F3N. The van der Waals surface area contributed by atoms with Gasteiger partial charge in [-0.3, -0.25) is 4.90 Å². The molecule has 0 aliphatic heterocycles. The first-order valence-electron chi connectivity index (χ1n) is 5.31. The molecule has 0 radical (unpaired) electrons. The molecular weight excluding hydrogens is 215 g/mol. The van der Waals surface area contributed by atoms with Gasteiger partial charge in [0, 0.05) is 11.7 Å². The second kappa shape index (κ2) is 4.76. The van der Waals surface area contributed by atoms with Crippen LogP contribution in [0.3, 0.4) is 0 Å². The maximum Gasteiger partial charge on any atom is 0.485 e. The molecule has 0 saturated carbocycles. The van der Waals surface area contributed by atoms with Crippen molar-refractivity contribution in [2.45, 2.75) is 39.5 Å². The highest BCUT2D eigenvalue weighted by Crippen LogP contribution is 2.30. The minimum atomic E-state index is -4.33. The Hall–Kier alpha value is -1.19. The Morgan fingerprint density at radius 3 is 1.94 bits per heavy atom. The molecule has 0 atom stereocenters. The van der Waals surface area contributed by atoms with Gasteiger partial charge in [0.15, 0.2) is 0 Å². The number of rotatable bonds is 3. The second-order valence-electron chi connectivity index (χ2n) is 3.95. The molecule has 0 bridgehead atoms. The van der Waals surface area contributed by atoms with Crippen LogP contribution in [-0.2, 0) is 6.42 Å². The van der Waals surface area contributed by atoms with Gasteiger partial charge in [-0.1, -0.05) is 19.1 Å². The number of aryl methyl sites for hydroxylation is 1. The van der Waals surface area contributed by atoms with Crippen molar-refractivity contribution in [2.24, 2.45) is 0 Å². The highest BCUT2D eigenvalue weighted by molar-refractivity contribution is 5.49. The van der Waals surface area contributed by atoms with Crippen molar-refractivity contribution >= 4 is 5.69 Å². The van der Waals surface area contributed by atoms with Crippen LogP contribution in [0, 0.1) is 0 Å². The molecule has 0 heterocycles. The van der Waals surface area contributed by atoms with Gasteiger partial charge in [0.05, 0.1) is 0 Å². The van der Waals surface area contributed by atoms with Crippen LogP contribution in [0.4, 0.5) is 18.9 Å². The van der Waals surface area contributed by atoms with Crippen molar-refractivity contribution in [2.75, 3.05) is 4.90 Å². The van der Waals surface area contributed by atoms with Crippen molar-refractivity contribution in [3.05, 3.63) is 29.8 Å². The van der Waals surface area contributed by atoms with Crippen LogP contribution in [0.25, 0.3) is 0 Å². The minimum Gasteiger partial charge on any atom is -0.282 e. The summed E-state index contributed by atoms with van der Waals surface area (Å²) in [6, 6.07) is 5.90. The van der Waals surface area contributed by atoms with E-state index in [1.807, 2.05) is 6.92 Å². The smallest absolute Gasteiger partial charge is 0.282 e. The van der Waals surface area contributed by atoms with Crippen LogP contribution >= 0.6 is 0 Å². The maximum absolute atomic E-state index is 12.8. The molecule has 0 spiro atoms. The van der Waals surface area contributed by atoms with E-state index in [2.05, 4.69) is 0 Å². The molecule has 4 heteroatoms. The maximum atomic E-state index is 12.8. The third-order valence-electron chi connectivity index (χ3n) is 2.41. The Kier molecular flexibility index (Phi) is 3.83. The summed E-state index contributed by atoms with van der Waals surface area (Å²) in [5.41, 5.74) is 1.23. The first-order chi connectivity index (χ1) is 7.36. The Labute approximate surface area is 93.9 Å². The van der Waals surface area contributed by atoms with Crippen molar-refractivity contribution < 1.29 is 13.2 Å². The second-order valence-corrected chi connectivity index (χ2v) is 3.95. The average Bonchev–Trinajstić information content (AvgIpc) is 2.16. The van der Waals surface area contributed by atoms with Crippen LogP contribution in [0.1, 0.15) is 26.3 Å². The van der Waals surface area contributed by atoms with Gasteiger partial charge >= 0.3 is 6.30 Å². The fourth-order valence-electron chi connectivity index (χ4n) is 1.63.